The second-order valence-electron chi connectivity index (χ2n) is 6.09. The van der Waals surface area contributed by atoms with Crippen LogP contribution >= 0.6 is 11.6 Å². The molecular weight excluding hydrogens is 360 g/mol. The molecule has 0 spiro atoms. The van der Waals surface area contributed by atoms with Crippen molar-refractivity contribution in [2.75, 3.05) is 11.9 Å². The van der Waals surface area contributed by atoms with E-state index in [1.54, 1.807) is 24.5 Å². The molecule has 134 valence electrons. The predicted molar refractivity (Wildman–Crippen MR) is 108 cm³/mol. The third-order valence-electron chi connectivity index (χ3n) is 4.29. The van der Waals surface area contributed by atoms with Crippen molar-refractivity contribution in [3.63, 3.8) is 0 Å². The Hall–Kier alpha value is -3.02. The highest BCUT2D eigenvalue weighted by molar-refractivity contribution is 6.30. The van der Waals surface area contributed by atoms with Crippen molar-refractivity contribution in [2.24, 2.45) is 0 Å². The van der Waals surface area contributed by atoms with E-state index in [2.05, 4.69) is 15.3 Å². The molecule has 27 heavy (non-hydrogen) atoms. The first kappa shape index (κ1) is 17.4. The minimum absolute atomic E-state index is 0.0812. The third kappa shape index (κ3) is 3.74. The number of halogens is 1. The molecule has 4 rings (SSSR count). The molecule has 0 aliphatic rings. The van der Waals surface area contributed by atoms with Gasteiger partial charge in [0.2, 0.25) is 0 Å². The highest BCUT2D eigenvalue weighted by atomic mass is 35.5. The molecule has 0 bridgehead atoms. The molecular formula is C21H17ClN4O. The van der Waals surface area contributed by atoms with Gasteiger partial charge in [0.25, 0.3) is 0 Å². The summed E-state index contributed by atoms with van der Waals surface area (Å²) in [6.07, 6.45) is 3.45. The molecule has 0 saturated carbocycles. The smallest absolute Gasteiger partial charge is 0.163 e. The molecule has 2 heterocycles. The number of aliphatic hydroxyl groups excluding tert-OH is 1. The van der Waals surface area contributed by atoms with E-state index in [0.29, 0.717) is 16.7 Å². The minimum Gasteiger partial charge on any atom is -0.394 e. The maximum atomic E-state index is 9.92. The van der Waals surface area contributed by atoms with Crippen molar-refractivity contribution in [3.05, 3.63) is 83.6 Å². The summed E-state index contributed by atoms with van der Waals surface area (Å²) in [5.74, 6) is 1.24. The van der Waals surface area contributed by atoms with Gasteiger partial charge in [0.1, 0.15) is 5.82 Å². The molecule has 1 unspecified atom stereocenters. The lowest BCUT2D eigenvalue weighted by Crippen LogP contribution is -2.16. The molecule has 0 saturated heterocycles. The highest BCUT2D eigenvalue weighted by Crippen LogP contribution is 2.28. The monoisotopic (exact) mass is 376 g/mol. The van der Waals surface area contributed by atoms with Gasteiger partial charge >= 0.3 is 0 Å². The van der Waals surface area contributed by atoms with E-state index in [9.17, 15) is 5.11 Å². The van der Waals surface area contributed by atoms with Crippen molar-refractivity contribution in [2.45, 2.75) is 6.04 Å². The Morgan fingerprint density at radius 1 is 0.963 bits per heavy atom. The van der Waals surface area contributed by atoms with Crippen LogP contribution in [-0.4, -0.2) is 26.7 Å². The van der Waals surface area contributed by atoms with Crippen LogP contribution in [0.4, 0.5) is 5.82 Å². The van der Waals surface area contributed by atoms with Crippen molar-refractivity contribution >= 4 is 28.3 Å². The summed E-state index contributed by atoms with van der Waals surface area (Å²) in [6.45, 7) is -0.0812. The van der Waals surface area contributed by atoms with E-state index >= 15 is 0 Å². The SMILES string of the molecule is OCC(Nc1nc(-c2cccnc2)nc2ccccc12)c1ccc(Cl)cc1. The molecule has 0 amide bonds. The number of fused-ring (bicyclic) bond motifs is 1. The van der Waals surface area contributed by atoms with E-state index in [1.165, 1.54) is 0 Å². The van der Waals surface area contributed by atoms with Crippen LogP contribution in [0.25, 0.3) is 22.3 Å². The van der Waals surface area contributed by atoms with Crippen LogP contribution in [-0.2, 0) is 0 Å². The number of nitrogens with one attached hydrogen (secondary N) is 1. The second kappa shape index (κ2) is 7.70. The molecule has 0 aliphatic carbocycles. The standard InChI is InChI=1S/C21H17ClN4O/c22-16-9-7-14(8-10-16)19(13-27)25-21-17-5-1-2-6-18(17)24-20(26-21)15-4-3-11-23-12-15/h1-12,19,27H,13H2,(H,24,25,26). The van der Waals surface area contributed by atoms with Gasteiger partial charge in [-0.3, -0.25) is 4.98 Å². The Bertz CT molecular complexity index is 1050. The summed E-state index contributed by atoms with van der Waals surface area (Å²) in [5.41, 5.74) is 2.58. The van der Waals surface area contributed by atoms with Crippen LogP contribution in [0.3, 0.4) is 0 Å². The average molecular weight is 377 g/mol. The molecule has 2 aromatic heterocycles. The maximum absolute atomic E-state index is 9.92. The summed E-state index contributed by atoms with van der Waals surface area (Å²) in [5, 5.41) is 14.8. The highest BCUT2D eigenvalue weighted by Gasteiger charge is 2.15. The van der Waals surface area contributed by atoms with Gasteiger partial charge in [0.15, 0.2) is 5.82 Å². The van der Waals surface area contributed by atoms with Gasteiger partial charge in [-0.05, 0) is 42.0 Å². The number of rotatable bonds is 5. The zero-order valence-corrected chi connectivity index (χ0v) is 15.1. The largest absolute Gasteiger partial charge is 0.394 e. The van der Waals surface area contributed by atoms with E-state index in [4.69, 9.17) is 16.6 Å². The minimum atomic E-state index is -0.317. The number of aromatic nitrogens is 3. The van der Waals surface area contributed by atoms with E-state index in [0.717, 1.165) is 22.0 Å². The first-order valence-corrected chi connectivity index (χ1v) is 8.92. The summed E-state index contributed by atoms with van der Waals surface area (Å²) < 4.78 is 0. The molecule has 0 aliphatic heterocycles. The van der Waals surface area contributed by atoms with E-state index in [1.807, 2.05) is 48.5 Å². The third-order valence-corrected chi connectivity index (χ3v) is 4.54. The first-order chi connectivity index (χ1) is 13.2. The lowest BCUT2D eigenvalue weighted by molar-refractivity contribution is 0.276. The normalized spacial score (nSPS) is 12.1. The van der Waals surface area contributed by atoms with Gasteiger partial charge in [-0.25, -0.2) is 9.97 Å². The Morgan fingerprint density at radius 2 is 1.78 bits per heavy atom. The lowest BCUT2D eigenvalue weighted by Gasteiger charge is -2.19. The van der Waals surface area contributed by atoms with Gasteiger partial charge in [-0.1, -0.05) is 35.9 Å². The van der Waals surface area contributed by atoms with E-state index < -0.39 is 0 Å². The Morgan fingerprint density at radius 3 is 2.52 bits per heavy atom. The fourth-order valence-electron chi connectivity index (χ4n) is 2.91. The summed E-state index contributed by atoms with van der Waals surface area (Å²) in [6, 6.07) is 18.6. The van der Waals surface area contributed by atoms with Crippen LogP contribution in [0, 0.1) is 0 Å². The maximum Gasteiger partial charge on any atom is 0.163 e. The first-order valence-electron chi connectivity index (χ1n) is 8.54. The molecule has 5 nitrogen and oxygen atoms in total. The second-order valence-corrected chi connectivity index (χ2v) is 6.52. The van der Waals surface area contributed by atoms with Gasteiger partial charge < -0.3 is 10.4 Å². The van der Waals surface area contributed by atoms with Crippen molar-refractivity contribution in [1.29, 1.82) is 0 Å². The topological polar surface area (TPSA) is 70.9 Å². The predicted octanol–water partition coefficient (Wildman–Crippen LogP) is 4.49. The van der Waals surface area contributed by atoms with Crippen molar-refractivity contribution in [1.82, 2.24) is 15.0 Å². The average Bonchev–Trinajstić information content (AvgIpc) is 2.73. The van der Waals surface area contributed by atoms with Crippen LogP contribution in [0.5, 0.6) is 0 Å². The Kier molecular flexibility index (Phi) is 4.96. The number of aliphatic hydroxyl groups is 1. The van der Waals surface area contributed by atoms with Crippen LogP contribution < -0.4 is 5.32 Å². The lowest BCUT2D eigenvalue weighted by atomic mass is 10.1. The molecule has 4 aromatic rings. The number of nitrogens with zero attached hydrogens (tertiary/aromatic N) is 3. The van der Waals surface area contributed by atoms with Crippen LogP contribution in [0.1, 0.15) is 11.6 Å². The number of para-hydroxylation sites is 1. The quantitative estimate of drug-likeness (QED) is 0.537. The molecule has 0 fully saturated rings. The summed E-state index contributed by atoms with van der Waals surface area (Å²) in [4.78, 5) is 13.5. The van der Waals surface area contributed by atoms with Gasteiger partial charge in [-0.15, -0.1) is 0 Å². The van der Waals surface area contributed by atoms with Crippen molar-refractivity contribution in [3.8, 4) is 11.4 Å². The summed E-state index contributed by atoms with van der Waals surface area (Å²) >= 11 is 5.98. The van der Waals surface area contributed by atoms with E-state index in [-0.39, 0.29) is 12.6 Å². The van der Waals surface area contributed by atoms with Crippen LogP contribution in [0.15, 0.2) is 73.1 Å². The molecule has 0 radical (unpaired) electrons. The Balaban J connectivity index is 1.78. The zero-order chi connectivity index (χ0) is 18.6. The zero-order valence-electron chi connectivity index (χ0n) is 14.4. The number of benzene rings is 2. The number of pyridine rings is 1. The van der Waals surface area contributed by atoms with Gasteiger partial charge in [0.05, 0.1) is 18.2 Å². The number of hydrogen-bond acceptors (Lipinski definition) is 5. The fraction of sp³-hybridized carbons (Fsp3) is 0.0952. The fourth-order valence-corrected chi connectivity index (χ4v) is 3.03. The van der Waals surface area contributed by atoms with Crippen LogP contribution in [0.2, 0.25) is 5.02 Å². The molecule has 1 atom stereocenters. The van der Waals surface area contributed by atoms with Crippen molar-refractivity contribution < 1.29 is 5.11 Å². The molecule has 2 N–H and O–H groups in total. The van der Waals surface area contributed by atoms with Gasteiger partial charge in [-0.2, -0.15) is 0 Å². The number of anilines is 1. The molecule has 6 heteroatoms. The number of hydrogen-bond donors (Lipinski definition) is 2. The van der Waals surface area contributed by atoms with Gasteiger partial charge in [0, 0.05) is 28.4 Å². The Labute approximate surface area is 161 Å². The summed E-state index contributed by atoms with van der Waals surface area (Å²) in [7, 11) is 0. The molecule has 2 aromatic carbocycles.